The maximum absolute atomic E-state index is 13.5. The third kappa shape index (κ3) is 1.70. The number of nitrogens with one attached hydrogen (secondary N) is 1. The fourth-order valence-corrected chi connectivity index (χ4v) is 2.22. The van der Waals surface area contributed by atoms with Crippen LogP contribution in [0.25, 0.3) is 0 Å². The van der Waals surface area contributed by atoms with E-state index < -0.39 is 5.41 Å². The highest BCUT2D eigenvalue weighted by Gasteiger charge is 2.50. The molecule has 1 aliphatic carbocycles. The van der Waals surface area contributed by atoms with Gasteiger partial charge in [-0.05, 0) is 42.5 Å². The van der Waals surface area contributed by atoms with Crippen molar-refractivity contribution in [3.05, 3.63) is 29.6 Å². The zero-order chi connectivity index (χ0) is 11.8. The fraction of sp³-hybridized carbons (Fsp3) is 0.364. The predicted octanol–water partition coefficient (Wildman–Crippen LogP) is 1.57. The molecule has 0 radical (unpaired) electrons. The van der Waals surface area contributed by atoms with Crippen LogP contribution < -0.4 is 10.5 Å². The van der Waals surface area contributed by atoms with Gasteiger partial charge in [0, 0.05) is 7.05 Å². The zero-order valence-corrected chi connectivity index (χ0v) is 9.73. The van der Waals surface area contributed by atoms with Gasteiger partial charge in [-0.2, -0.15) is 0 Å². The first-order valence-electron chi connectivity index (χ1n) is 5.03. The average molecular weight is 240 g/mol. The molecule has 0 bridgehead atoms. The minimum Gasteiger partial charge on any atom is -0.358 e. The van der Waals surface area contributed by atoms with Crippen molar-refractivity contribution in [2.75, 3.05) is 7.05 Å². The van der Waals surface area contributed by atoms with Crippen molar-refractivity contribution in [2.45, 2.75) is 23.2 Å². The van der Waals surface area contributed by atoms with Crippen LogP contribution in [0, 0.1) is 5.82 Å². The number of nitrogens with two attached hydrogens (primary N) is 1. The lowest BCUT2D eigenvalue weighted by Gasteiger charge is -2.14. The Kier molecular flexibility index (Phi) is 2.90. The maximum Gasteiger partial charge on any atom is 0.230 e. The summed E-state index contributed by atoms with van der Waals surface area (Å²) >= 11 is 0.874. The van der Waals surface area contributed by atoms with Gasteiger partial charge in [0.25, 0.3) is 0 Å². The van der Waals surface area contributed by atoms with Crippen LogP contribution in [0.1, 0.15) is 18.4 Å². The summed E-state index contributed by atoms with van der Waals surface area (Å²) in [6.07, 6.45) is 1.56. The summed E-state index contributed by atoms with van der Waals surface area (Å²) in [4.78, 5) is 12.1. The van der Waals surface area contributed by atoms with Crippen LogP contribution in [0.2, 0.25) is 0 Å². The van der Waals surface area contributed by atoms with Gasteiger partial charge in [0.2, 0.25) is 5.91 Å². The molecule has 3 nitrogen and oxygen atoms in total. The topological polar surface area (TPSA) is 55.1 Å². The van der Waals surface area contributed by atoms with Crippen LogP contribution in [0.4, 0.5) is 4.39 Å². The van der Waals surface area contributed by atoms with Gasteiger partial charge in [-0.25, -0.2) is 4.39 Å². The number of carbonyl (C=O) groups is 1. The lowest BCUT2D eigenvalue weighted by atomic mass is 9.95. The van der Waals surface area contributed by atoms with E-state index in [-0.39, 0.29) is 11.7 Å². The molecule has 0 saturated heterocycles. The molecule has 0 unspecified atom stereocenters. The number of benzene rings is 1. The SMILES string of the molecule is CNC(=O)C1(c2ccc(SN)c(F)c2)CC1. The van der Waals surface area contributed by atoms with Gasteiger partial charge in [-0.1, -0.05) is 6.07 Å². The first-order valence-corrected chi connectivity index (χ1v) is 5.91. The van der Waals surface area contributed by atoms with Gasteiger partial charge in [0.05, 0.1) is 10.3 Å². The lowest BCUT2D eigenvalue weighted by Crippen LogP contribution is -2.31. The number of amides is 1. The van der Waals surface area contributed by atoms with Gasteiger partial charge < -0.3 is 5.32 Å². The van der Waals surface area contributed by atoms with Gasteiger partial charge >= 0.3 is 0 Å². The normalized spacial score (nSPS) is 16.9. The summed E-state index contributed by atoms with van der Waals surface area (Å²) in [6.45, 7) is 0. The van der Waals surface area contributed by atoms with Crippen LogP contribution in [0.5, 0.6) is 0 Å². The summed E-state index contributed by atoms with van der Waals surface area (Å²) < 4.78 is 13.5. The van der Waals surface area contributed by atoms with E-state index in [9.17, 15) is 9.18 Å². The summed E-state index contributed by atoms with van der Waals surface area (Å²) in [5, 5.41) is 7.93. The van der Waals surface area contributed by atoms with Gasteiger partial charge in [-0.15, -0.1) is 0 Å². The summed E-state index contributed by atoms with van der Waals surface area (Å²) in [7, 11) is 1.60. The predicted molar refractivity (Wildman–Crippen MR) is 61.4 cm³/mol. The lowest BCUT2D eigenvalue weighted by molar-refractivity contribution is -0.123. The highest BCUT2D eigenvalue weighted by atomic mass is 32.2. The molecule has 0 heterocycles. The third-order valence-corrected chi connectivity index (χ3v) is 3.61. The zero-order valence-electron chi connectivity index (χ0n) is 8.92. The summed E-state index contributed by atoms with van der Waals surface area (Å²) in [5.74, 6) is -0.403. The van der Waals surface area contributed by atoms with Crippen molar-refractivity contribution in [2.24, 2.45) is 5.14 Å². The monoisotopic (exact) mass is 240 g/mol. The number of hydrogen-bond acceptors (Lipinski definition) is 3. The second kappa shape index (κ2) is 4.07. The number of hydrogen-bond donors (Lipinski definition) is 2. The van der Waals surface area contributed by atoms with E-state index >= 15 is 0 Å². The van der Waals surface area contributed by atoms with E-state index in [0.717, 1.165) is 30.4 Å². The number of carbonyl (C=O) groups excluding carboxylic acids is 1. The Morgan fingerprint density at radius 1 is 1.56 bits per heavy atom. The first-order chi connectivity index (χ1) is 7.64. The molecule has 1 fully saturated rings. The largest absolute Gasteiger partial charge is 0.358 e. The molecule has 1 amide bonds. The Hall–Kier alpha value is -1.07. The van der Waals surface area contributed by atoms with Crippen molar-refractivity contribution < 1.29 is 9.18 Å². The molecule has 16 heavy (non-hydrogen) atoms. The van der Waals surface area contributed by atoms with E-state index in [1.807, 2.05) is 0 Å². The van der Waals surface area contributed by atoms with E-state index in [2.05, 4.69) is 5.32 Å². The smallest absolute Gasteiger partial charge is 0.230 e. The van der Waals surface area contributed by atoms with Crippen molar-refractivity contribution in [1.82, 2.24) is 5.32 Å². The highest BCUT2D eigenvalue weighted by Crippen LogP contribution is 2.48. The number of likely N-dealkylation sites (N-methyl/N-ethyl adjacent to an activating group) is 1. The van der Waals surface area contributed by atoms with Gasteiger partial charge in [-0.3, -0.25) is 9.93 Å². The Morgan fingerprint density at radius 3 is 2.69 bits per heavy atom. The van der Waals surface area contributed by atoms with Gasteiger partial charge in [0.1, 0.15) is 5.82 Å². The highest BCUT2D eigenvalue weighted by molar-refractivity contribution is 7.97. The van der Waals surface area contributed by atoms with Crippen LogP contribution in [-0.2, 0) is 10.2 Å². The Balaban J connectivity index is 2.35. The molecule has 0 aliphatic heterocycles. The molecule has 0 aromatic heterocycles. The first kappa shape index (κ1) is 11.4. The fourth-order valence-electron chi connectivity index (χ4n) is 1.91. The average Bonchev–Trinajstić information content (AvgIpc) is 3.09. The molecule has 0 spiro atoms. The van der Waals surface area contributed by atoms with E-state index in [1.54, 1.807) is 19.2 Å². The second-order valence-electron chi connectivity index (χ2n) is 3.92. The van der Waals surface area contributed by atoms with Crippen molar-refractivity contribution in [3.8, 4) is 0 Å². The summed E-state index contributed by atoms with van der Waals surface area (Å²) in [5.41, 5.74) is 0.232. The molecule has 1 aromatic carbocycles. The van der Waals surface area contributed by atoms with Crippen LogP contribution in [-0.4, -0.2) is 13.0 Å². The Bertz CT molecular complexity index is 432. The summed E-state index contributed by atoms with van der Waals surface area (Å²) in [6, 6.07) is 4.82. The molecule has 1 aliphatic rings. The van der Waals surface area contributed by atoms with Crippen molar-refractivity contribution >= 4 is 17.9 Å². The number of rotatable bonds is 3. The molecule has 1 saturated carbocycles. The van der Waals surface area contributed by atoms with Crippen molar-refractivity contribution in [1.29, 1.82) is 0 Å². The van der Waals surface area contributed by atoms with E-state index in [1.165, 1.54) is 6.07 Å². The molecule has 0 atom stereocenters. The van der Waals surface area contributed by atoms with E-state index in [4.69, 9.17) is 5.14 Å². The van der Waals surface area contributed by atoms with Crippen molar-refractivity contribution in [3.63, 3.8) is 0 Å². The molecule has 2 rings (SSSR count). The molecule has 1 aromatic rings. The minimum atomic E-state index is -0.507. The number of halogens is 1. The molecular weight excluding hydrogens is 227 g/mol. The standard InChI is InChI=1S/C11H13FN2OS/c1-14-10(15)11(4-5-11)7-2-3-9(16-13)8(12)6-7/h2-3,6H,4-5,13H2,1H3,(H,14,15). The second-order valence-corrected chi connectivity index (χ2v) is 4.60. The van der Waals surface area contributed by atoms with Crippen LogP contribution in [0.3, 0.4) is 0 Å². The van der Waals surface area contributed by atoms with Gasteiger partial charge in [0.15, 0.2) is 0 Å². The van der Waals surface area contributed by atoms with Crippen LogP contribution >= 0.6 is 11.9 Å². The Morgan fingerprint density at radius 2 is 2.25 bits per heavy atom. The molecule has 86 valence electrons. The molecular formula is C11H13FN2OS. The van der Waals surface area contributed by atoms with Crippen LogP contribution in [0.15, 0.2) is 23.1 Å². The molecule has 3 N–H and O–H groups in total. The minimum absolute atomic E-state index is 0.0416. The van der Waals surface area contributed by atoms with E-state index in [0.29, 0.717) is 4.90 Å². The molecule has 5 heteroatoms. The Labute approximate surface area is 97.7 Å². The third-order valence-electron chi connectivity index (χ3n) is 3.02. The quantitative estimate of drug-likeness (QED) is 0.788. The maximum atomic E-state index is 13.5.